The first-order chi connectivity index (χ1) is 45.1. The average molecular weight is 1280 g/mol. The molecule has 0 saturated heterocycles. The highest BCUT2D eigenvalue weighted by Crippen LogP contribution is 2.38. The van der Waals surface area contributed by atoms with Crippen molar-refractivity contribution in [2.75, 3.05) is 50.1 Å². The van der Waals surface area contributed by atoms with E-state index in [1.165, 1.54) is 88.2 Å². The molecule has 0 aliphatic heterocycles. The number of aromatic nitrogens is 12. The van der Waals surface area contributed by atoms with E-state index in [9.17, 15) is 0 Å². The highest BCUT2D eigenvalue weighted by molar-refractivity contribution is 6.29. The van der Waals surface area contributed by atoms with Crippen LogP contribution in [0.2, 0.25) is 5.15 Å². The van der Waals surface area contributed by atoms with Crippen molar-refractivity contribution >= 4 is 58.9 Å². The lowest BCUT2D eigenvalue weighted by Crippen LogP contribution is -2.23. The normalized spacial score (nSPS) is 17.5. The molecule has 11 N–H and O–H groups in total. The fraction of sp³-hybridized carbons (Fsp3) is 0.486. The Morgan fingerprint density at radius 2 is 0.742 bits per heavy atom. The molecule has 0 unspecified atom stereocenters. The number of rotatable bonds is 26. The number of nitrogens with zero attached hydrogens (tertiary/aromatic N) is 12. The second-order valence-corrected chi connectivity index (χ2v) is 26.5. The van der Waals surface area contributed by atoms with E-state index in [1.54, 1.807) is 19.2 Å². The SMILES string of the molecule is COc1ccc(CNc2cccc(-c3nc(N[C@H](C)C4CC4)nc(N[C@H](C)C4CC4)n3)n2)cc1.C[C@@H](Nc1nc(N[C@H](C)C2CC2)nc(-c2cccc(Cl)n2)n1)C1CC1.C[C@@H](Nc1nc(N[C@H](C)C2CC2)nc(-c2cccc(N)n2)n1)C1CC1.Cc1ccc(CN)cc1. The van der Waals surface area contributed by atoms with Crippen LogP contribution in [0.5, 0.6) is 5.75 Å². The summed E-state index contributed by atoms with van der Waals surface area (Å²) in [5.74, 6) is 11.6. The number of hydrogen-bond acceptors (Lipinski definition) is 22. The van der Waals surface area contributed by atoms with E-state index in [-0.39, 0.29) is 0 Å². The first-order valence-electron chi connectivity index (χ1n) is 33.4. The molecule has 0 spiro atoms. The van der Waals surface area contributed by atoms with E-state index in [0.717, 1.165) is 17.1 Å². The zero-order valence-electron chi connectivity index (χ0n) is 55.0. The minimum absolute atomic E-state index is 0.342. The molecule has 6 saturated carbocycles. The van der Waals surface area contributed by atoms with Crippen molar-refractivity contribution in [1.82, 2.24) is 59.8 Å². The number of pyridine rings is 3. The fourth-order valence-electron chi connectivity index (χ4n) is 10.8. The molecule has 0 amide bonds. The van der Waals surface area contributed by atoms with Gasteiger partial charge in [-0.15, -0.1) is 0 Å². The van der Waals surface area contributed by atoms with Crippen LogP contribution in [0.1, 0.15) is 135 Å². The number of methoxy groups -OCH3 is 1. The third kappa shape index (κ3) is 20.4. The molecule has 6 atom stereocenters. The summed E-state index contributed by atoms with van der Waals surface area (Å²) < 4.78 is 5.23. The van der Waals surface area contributed by atoms with E-state index < -0.39 is 0 Å². The van der Waals surface area contributed by atoms with Crippen molar-refractivity contribution in [3.05, 3.63) is 125 Å². The fourth-order valence-corrected chi connectivity index (χ4v) is 11.0. The molecule has 6 aromatic heterocycles. The van der Waals surface area contributed by atoms with Crippen LogP contribution < -0.4 is 53.4 Å². The van der Waals surface area contributed by atoms with Gasteiger partial charge in [-0.05, 0) is 221 Å². The maximum Gasteiger partial charge on any atom is 0.228 e. The van der Waals surface area contributed by atoms with Crippen LogP contribution in [0.25, 0.3) is 34.6 Å². The molecule has 2 aromatic carbocycles. The van der Waals surface area contributed by atoms with Crippen LogP contribution >= 0.6 is 11.6 Å². The molecule has 22 nitrogen and oxygen atoms in total. The van der Waals surface area contributed by atoms with E-state index >= 15 is 0 Å². The topological polar surface area (TPSA) is 300 Å². The third-order valence-electron chi connectivity index (χ3n) is 17.9. The first kappa shape index (κ1) is 65.8. The standard InChI is InChI=1S/C26H33N7O.C18H23ClN6.C18H25N7.C8H11N/c1-16(19-9-10-19)28-25-31-24(32-26(33-25)29-17(2)20-11-12-20)22-5-4-6-23(30-22)27-15-18-7-13-21(34-3)14-8-18;2*1-10(12-6-7-12)20-17-23-16(14-4-3-5-15(19)22-14)24-18(25-17)21-11(2)13-8-9-13;1-7-2-4-8(6-9)5-3-7/h4-8,13-14,16-17,19-20H,9-12,15H2,1-3H3,(H,27,30)(H2,28,29,31,32,33);3-5,10-13H,6-9H2,1-2H3,(H2,20,21,23,24,25);3-5,10-13H,6-9H2,1-2H3,(H2,19,22)(H2,20,21,23,24,25);2-5H,6,9H2,1H3/t16-,17-;2*10-,11-;/m111./s1. The van der Waals surface area contributed by atoms with Gasteiger partial charge in [-0.25, -0.2) is 15.0 Å². The van der Waals surface area contributed by atoms with Gasteiger partial charge in [0.05, 0.1) is 7.11 Å². The Bertz CT molecular complexity index is 3460. The number of hydrogen-bond donors (Lipinski definition) is 9. The molecule has 0 radical (unpaired) electrons. The van der Waals surface area contributed by atoms with Crippen molar-refractivity contribution < 1.29 is 4.74 Å². The van der Waals surface area contributed by atoms with Gasteiger partial charge >= 0.3 is 0 Å². The summed E-state index contributed by atoms with van der Waals surface area (Å²) in [6.45, 7) is 16.5. The van der Waals surface area contributed by atoms with Crippen LogP contribution in [0.4, 0.5) is 47.3 Å². The van der Waals surface area contributed by atoms with Gasteiger partial charge in [-0.2, -0.15) is 44.9 Å². The number of aryl methyl sites for hydroxylation is 1. The summed E-state index contributed by atoms with van der Waals surface area (Å²) in [6, 6.07) is 35.2. The summed E-state index contributed by atoms with van der Waals surface area (Å²) in [5.41, 5.74) is 16.9. The zero-order valence-corrected chi connectivity index (χ0v) is 55.7. The maximum absolute atomic E-state index is 6.03. The third-order valence-corrected chi connectivity index (χ3v) is 18.1. The number of nitrogens with two attached hydrogens (primary N) is 2. The lowest BCUT2D eigenvalue weighted by atomic mass is 10.2. The Hall–Kier alpha value is -8.63. The number of nitrogens with one attached hydrogen (secondary N) is 7. The Morgan fingerprint density at radius 3 is 1.08 bits per heavy atom. The molecule has 23 heteroatoms. The second kappa shape index (κ2) is 30.9. The van der Waals surface area contributed by atoms with Gasteiger partial charge in [0.15, 0.2) is 17.5 Å². The monoisotopic (exact) mass is 1280 g/mol. The van der Waals surface area contributed by atoms with Crippen molar-refractivity contribution in [2.45, 2.75) is 175 Å². The van der Waals surface area contributed by atoms with Crippen molar-refractivity contribution in [2.24, 2.45) is 41.2 Å². The molecule has 6 heterocycles. The quantitative estimate of drug-likeness (QED) is 0.0228. The average Bonchev–Trinajstić information content (AvgIpc) is 2.19. The minimum atomic E-state index is 0.342. The van der Waals surface area contributed by atoms with E-state index in [2.05, 4.69) is 155 Å². The Balaban J connectivity index is 0.000000135. The van der Waals surface area contributed by atoms with Gasteiger partial charge in [0.1, 0.15) is 39.6 Å². The zero-order chi connectivity index (χ0) is 65.0. The molecule has 490 valence electrons. The highest BCUT2D eigenvalue weighted by Gasteiger charge is 2.34. The minimum Gasteiger partial charge on any atom is -0.497 e. The summed E-state index contributed by atoms with van der Waals surface area (Å²) in [7, 11) is 1.67. The van der Waals surface area contributed by atoms with Crippen molar-refractivity contribution in [3.8, 4) is 40.3 Å². The summed E-state index contributed by atoms with van der Waals surface area (Å²) in [6.07, 6.45) is 15.2. The smallest absolute Gasteiger partial charge is 0.228 e. The number of halogens is 1. The van der Waals surface area contributed by atoms with Gasteiger partial charge in [0.2, 0.25) is 35.7 Å². The Labute approximate surface area is 552 Å². The van der Waals surface area contributed by atoms with Gasteiger partial charge in [0, 0.05) is 49.3 Å². The largest absolute Gasteiger partial charge is 0.497 e. The number of benzene rings is 2. The van der Waals surface area contributed by atoms with E-state index in [0.29, 0.717) is 166 Å². The molecular weight excluding hydrogens is 1190 g/mol. The summed E-state index contributed by atoms with van der Waals surface area (Å²) in [5, 5.41) is 24.5. The summed E-state index contributed by atoms with van der Waals surface area (Å²) >= 11 is 6.03. The van der Waals surface area contributed by atoms with E-state index in [1.807, 2.05) is 66.7 Å². The van der Waals surface area contributed by atoms with Gasteiger partial charge < -0.3 is 53.4 Å². The molecule has 0 bridgehead atoms. The number of ether oxygens (including phenoxy) is 1. The van der Waals surface area contributed by atoms with Crippen LogP contribution in [-0.4, -0.2) is 103 Å². The van der Waals surface area contributed by atoms with Crippen LogP contribution in [0.3, 0.4) is 0 Å². The first-order valence-corrected chi connectivity index (χ1v) is 33.8. The molecule has 8 aromatic rings. The van der Waals surface area contributed by atoms with Gasteiger partial charge in [0.25, 0.3) is 0 Å². The van der Waals surface area contributed by atoms with Crippen molar-refractivity contribution in [1.29, 1.82) is 0 Å². The lowest BCUT2D eigenvalue weighted by molar-refractivity contribution is 0.414. The lowest BCUT2D eigenvalue weighted by Gasteiger charge is -2.17. The Morgan fingerprint density at radius 1 is 0.409 bits per heavy atom. The molecule has 6 fully saturated rings. The maximum atomic E-state index is 6.03. The molecule has 14 rings (SSSR count). The van der Waals surface area contributed by atoms with E-state index in [4.69, 9.17) is 42.8 Å². The number of anilines is 8. The van der Waals surface area contributed by atoms with Crippen LogP contribution in [0, 0.1) is 42.4 Å². The summed E-state index contributed by atoms with van der Waals surface area (Å²) in [4.78, 5) is 55.0. The molecule has 6 aliphatic rings. The molecule has 93 heavy (non-hydrogen) atoms. The van der Waals surface area contributed by atoms with Gasteiger partial charge in [-0.1, -0.05) is 71.8 Å². The van der Waals surface area contributed by atoms with Crippen LogP contribution in [-0.2, 0) is 13.1 Å². The second-order valence-electron chi connectivity index (χ2n) is 26.1. The van der Waals surface area contributed by atoms with Crippen LogP contribution in [0.15, 0.2) is 103 Å². The Kier molecular flexibility index (Phi) is 21.9. The van der Waals surface area contributed by atoms with Crippen molar-refractivity contribution in [3.63, 3.8) is 0 Å². The van der Waals surface area contributed by atoms with Gasteiger partial charge in [-0.3, -0.25) is 0 Å². The molecule has 6 aliphatic carbocycles. The predicted octanol–water partition coefficient (Wildman–Crippen LogP) is 13.4. The highest BCUT2D eigenvalue weighted by atomic mass is 35.5. The molecular formula is C70H92ClN21O. The number of nitrogen functional groups attached to an aromatic ring is 1. The predicted molar refractivity (Wildman–Crippen MR) is 373 cm³/mol.